The second-order valence-corrected chi connectivity index (χ2v) is 36.1. The molecule has 29 heteroatoms. The summed E-state index contributed by atoms with van der Waals surface area (Å²) < 4.78 is 149. The standard InChI is InChI=1S/2C23H21F2NO3.C19H15F2NO3.C17H34N2O.C13H12F2O2.C9H6F2O2.CH4/c2*1-14-9-19(18-8-7-16(24)12-21(18)25)20(10-14)22(27)26-17(13-29-23(26)28)11-15-5-3-2-4-6-15;20-15-8-6-14(17(21)11-15)7-9-18(23)22-16(12-25-19(22)24)10-13-4-2-1-3-5-13;1-13(20)19-17(5,6)12-15(11-16(2,3)4)14-7-9-18-10-8-14;1-7-4-10(11(5-7)13(16)17)9-3-2-8(14)6-12(9)15;10-7-3-1-6(8(11)5-7)2-4-9(12)13;/h2*2-8,12,17,19-20H,1,9-11,13H2;1-9,11,16H,10,12H2;14-15,18H,7-12H2,1-6H3,(H,19,20);2-3,6,10-11H,1,4-5H2,(H,16,17);1-5H,(H,12,13);1H4/b;;9-7+;;;4-2+;/t17-,19-,20+;17-,19-,20-;16-;;10-,11+;;/m000.0../s1. The predicted molar refractivity (Wildman–Crippen MR) is 488 cm³/mol. The fourth-order valence-corrected chi connectivity index (χ4v) is 18.2. The quantitative estimate of drug-likeness (QED) is 0.0226. The molecule has 15 rings (SSSR count). The molecule has 7 amide bonds. The van der Waals surface area contributed by atoms with Crippen LogP contribution >= 0.6 is 0 Å². The van der Waals surface area contributed by atoms with Crippen LogP contribution in [0.3, 0.4) is 0 Å². The van der Waals surface area contributed by atoms with Gasteiger partial charge in [-0.3, -0.25) is 24.0 Å². The Balaban J connectivity index is 0.000000184. The van der Waals surface area contributed by atoms with Gasteiger partial charge in [-0.1, -0.05) is 174 Å². The van der Waals surface area contributed by atoms with Crippen molar-refractivity contribution in [3.05, 3.63) is 333 Å². The van der Waals surface area contributed by atoms with E-state index in [9.17, 15) is 87.1 Å². The molecule has 0 bridgehead atoms. The van der Waals surface area contributed by atoms with Gasteiger partial charge in [0.15, 0.2) is 0 Å². The summed E-state index contributed by atoms with van der Waals surface area (Å²) in [6, 6.07) is 43.3. The number of rotatable bonds is 21. The van der Waals surface area contributed by atoms with Crippen LogP contribution in [-0.4, -0.2) is 135 Å². The first-order chi connectivity index (χ1) is 63.1. The highest BCUT2D eigenvalue weighted by Crippen LogP contribution is 2.48. The van der Waals surface area contributed by atoms with Crippen molar-refractivity contribution >= 4 is 66.0 Å². The molecule has 7 fully saturated rings. The molecule has 712 valence electrons. The van der Waals surface area contributed by atoms with Gasteiger partial charge in [0.2, 0.25) is 17.7 Å². The van der Waals surface area contributed by atoms with Crippen molar-refractivity contribution < 1.29 is 111 Å². The molecule has 4 heterocycles. The third-order valence-electron chi connectivity index (χ3n) is 24.0. The van der Waals surface area contributed by atoms with E-state index in [0.29, 0.717) is 75.2 Å². The number of carboxylic acids is 2. The molecule has 19 nitrogen and oxygen atoms in total. The van der Waals surface area contributed by atoms with E-state index >= 15 is 0 Å². The third-order valence-corrected chi connectivity index (χ3v) is 24.0. The molecule has 134 heavy (non-hydrogen) atoms. The molecule has 3 aliphatic carbocycles. The maximum Gasteiger partial charge on any atom is 0.417 e. The minimum Gasteiger partial charge on any atom is -0.481 e. The Morgan fingerprint density at radius 2 is 0.776 bits per heavy atom. The number of imide groups is 3. The van der Waals surface area contributed by atoms with E-state index in [1.165, 1.54) is 77.6 Å². The van der Waals surface area contributed by atoms with E-state index in [1.807, 2.05) is 91.0 Å². The number of carbonyl (C=O) groups excluding carboxylic acids is 7. The van der Waals surface area contributed by atoms with Crippen molar-refractivity contribution in [2.24, 2.45) is 35.0 Å². The number of allylic oxidation sites excluding steroid dienone is 3. The van der Waals surface area contributed by atoms with Crippen molar-refractivity contribution in [1.82, 2.24) is 25.3 Å². The monoisotopic (exact) mass is 1860 g/mol. The zero-order chi connectivity index (χ0) is 96.7. The molecule has 0 radical (unpaired) electrons. The van der Waals surface area contributed by atoms with Crippen LogP contribution in [0.4, 0.5) is 58.3 Å². The smallest absolute Gasteiger partial charge is 0.417 e. The highest BCUT2D eigenvalue weighted by atomic mass is 19.2. The van der Waals surface area contributed by atoms with Gasteiger partial charge in [0, 0.05) is 95.7 Å². The van der Waals surface area contributed by atoms with Crippen molar-refractivity contribution in [3.63, 3.8) is 0 Å². The number of hydrogen-bond donors (Lipinski definition) is 4. The highest BCUT2D eigenvalue weighted by molar-refractivity contribution is 6.02. The number of amides is 7. The van der Waals surface area contributed by atoms with Crippen LogP contribution in [0.25, 0.3) is 12.2 Å². The maximum absolute atomic E-state index is 14.4. The largest absolute Gasteiger partial charge is 0.481 e. The molecule has 0 spiro atoms. The zero-order valence-corrected chi connectivity index (χ0v) is 74.7. The van der Waals surface area contributed by atoms with Gasteiger partial charge < -0.3 is 35.1 Å². The number of cyclic esters (lactones) is 3. The van der Waals surface area contributed by atoms with Crippen LogP contribution in [0.15, 0.2) is 231 Å². The van der Waals surface area contributed by atoms with E-state index in [2.05, 4.69) is 65.0 Å². The lowest BCUT2D eigenvalue weighted by molar-refractivity contribution is -0.142. The Morgan fingerprint density at radius 3 is 1.11 bits per heavy atom. The van der Waals surface area contributed by atoms with E-state index in [1.54, 1.807) is 6.92 Å². The number of piperidine rings is 1. The molecule has 7 aliphatic rings. The molecular weight excluding hydrogens is 1750 g/mol. The van der Waals surface area contributed by atoms with Crippen molar-refractivity contribution in [1.29, 1.82) is 0 Å². The highest BCUT2D eigenvalue weighted by Gasteiger charge is 2.49. The Bertz CT molecular complexity index is 5430. The number of halogens is 10. The van der Waals surface area contributed by atoms with Gasteiger partial charge >= 0.3 is 30.2 Å². The SMILES string of the molecule is C.C=C1C[C@@H](C(=O)N2C(=O)OC[C@@H]2Cc2ccccc2)[C@H](c2ccc(F)cc2F)C1.C=C1C[C@@H](C(=O)O)[C@H](c2ccc(F)cc2F)C1.C=C1C[C@H](C(=O)N2C(=O)OC[C@@H]2Cc2ccccc2)[C@H](c2ccc(F)cc2F)C1.CC(=O)NC(C)(C)CC(CC(C)(C)C)C1CCNCC1.O=C(/C=C/c1ccc(F)cc1F)N1C(=O)OC[C@@H]1Cc1ccccc1.O=C(O)/C=C/c1ccc(F)cc1F. The van der Waals surface area contributed by atoms with Gasteiger partial charge in [-0.2, -0.15) is 0 Å². The molecular formula is C105H113F10N5O14. The molecule has 4 N–H and O–H groups in total. The van der Waals surface area contributed by atoms with E-state index in [-0.39, 0.29) is 78.3 Å². The average Bonchev–Trinajstić information content (AvgIpc) is 1.63. The van der Waals surface area contributed by atoms with Gasteiger partial charge in [-0.25, -0.2) is 77.8 Å². The lowest BCUT2D eigenvalue weighted by Gasteiger charge is -2.39. The Hall–Kier alpha value is -13.1. The first-order valence-electron chi connectivity index (χ1n) is 43.8. The minimum atomic E-state index is -1.18. The summed E-state index contributed by atoms with van der Waals surface area (Å²) in [5.41, 5.74) is 6.52. The van der Waals surface area contributed by atoms with E-state index in [4.69, 9.17) is 24.4 Å². The summed E-state index contributed by atoms with van der Waals surface area (Å²) in [6.45, 7) is 27.2. The van der Waals surface area contributed by atoms with Crippen molar-refractivity contribution in [3.8, 4) is 0 Å². The molecule has 4 saturated heterocycles. The molecule has 4 aliphatic heterocycles. The number of benzene rings is 8. The van der Waals surface area contributed by atoms with Crippen LogP contribution in [0.5, 0.6) is 0 Å². The number of nitrogens with zero attached hydrogens (tertiary/aromatic N) is 3. The van der Waals surface area contributed by atoms with Crippen LogP contribution in [0.1, 0.15) is 175 Å². The van der Waals surface area contributed by atoms with Gasteiger partial charge in [0.05, 0.1) is 24.0 Å². The average molecular weight is 1860 g/mol. The first kappa shape index (κ1) is 105. The molecule has 0 aromatic heterocycles. The number of ether oxygens (including phenoxy) is 3. The van der Waals surface area contributed by atoms with E-state index in [0.717, 1.165) is 124 Å². The first-order valence-corrected chi connectivity index (χ1v) is 43.8. The van der Waals surface area contributed by atoms with Gasteiger partial charge in [-0.15, -0.1) is 0 Å². The molecule has 10 atom stereocenters. The van der Waals surface area contributed by atoms with Crippen molar-refractivity contribution in [2.45, 2.75) is 174 Å². The maximum atomic E-state index is 14.4. The number of hydrogen-bond acceptors (Lipinski definition) is 13. The Labute approximate surface area is 774 Å². The second-order valence-electron chi connectivity index (χ2n) is 36.1. The van der Waals surface area contributed by atoms with E-state index < -0.39 is 148 Å². The summed E-state index contributed by atoms with van der Waals surface area (Å²) in [6.07, 6.45) is 10.8. The summed E-state index contributed by atoms with van der Waals surface area (Å²) in [5.74, 6) is -12.3. The topological polar surface area (TPSA) is 256 Å². The Morgan fingerprint density at radius 1 is 0.448 bits per heavy atom. The fourth-order valence-electron chi connectivity index (χ4n) is 18.2. The molecule has 8 aromatic carbocycles. The van der Waals surface area contributed by atoms with Crippen LogP contribution < -0.4 is 10.6 Å². The van der Waals surface area contributed by atoms with Crippen LogP contribution in [0.2, 0.25) is 0 Å². The summed E-state index contributed by atoms with van der Waals surface area (Å²) in [4.78, 5) is 111. The lowest BCUT2D eigenvalue weighted by atomic mass is 9.71. The van der Waals surface area contributed by atoms with Gasteiger partial charge in [0.1, 0.15) is 78.0 Å². The van der Waals surface area contributed by atoms with Gasteiger partial charge in [-0.05, 0) is 216 Å². The molecule has 3 saturated carbocycles. The fraction of sp³-hybridized carbons (Fsp3) is 0.362. The molecule has 8 aromatic rings. The zero-order valence-electron chi connectivity index (χ0n) is 74.7. The normalized spacial score (nSPS) is 20.6. The lowest BCUT2D eigenvalue weighted by Crippen LogP contribution is -2.45. The van der Waals surface area contributed by atoms with Crippen LogP contribution in [-0.2, 0) is 62.2 Å². The molecule has 1 unspecified atom stereocenters. The number of aliphatic carboxylic acids is 2. The van der Waals surface area contributed by atoms with Crippen molar-refractivity contribution in [2.75, 3.05) is 32.9 Å². The predicted octanol–water partition coefficient (Wildman–Crippen LogP) is 21.9. The number of carbonyl (C=O) groups is 9. The number of carboxylic acid groups (broad SMARTS) is 2. The summed E-state index contributed by atoms with van der Waals surface area (Å²) >= 11 is 0. The third kappa shape index (κ3) is 29.7. The summed E-state index contributed by atoms with van der Waals surface area (Å²) in [7, 11) is 0. The second kappa shape index (κ2) is 48.0. The van der Waals surface area contributed by atoms with Crippen LogP contribution in [0, 0.1) is 93.2 Å². The number of nitrogens with one attached hydrogen (secondary N) is 2. The Kier molecular flexibility index (Phi) is 37.5. The summed E-state index contributed by atoms with van der Waals surface area (Å²) in [5, 5.41) is 23.9. The van der Waals surface area contributed by atoms with Gasteiger partial charge in [0.25, 0.3) is 5.91 Å². The minimum absolute atomic E-state index is 0.